The molecule has 0 amide bonds. The zero-order chi connectivity index (χ0) is 15.7. The number of nitrogens with zero attached hydrogens (tertiary/aromatic N) is 6. The highest BCUT2D eigenvalue weighted by atomic mass is 32.2. The molecule has 0 saturated heterocycles. The van der Waals surface area contributed by atoms with Gasteiger partial charge in [-0.3, -0.25) is 0 Å². The maximum atomic E-state index is 5.30. The molecule has 3 aromatic heterocycles. The zero-order valence-electron chi connectivity index (χ0n) is 12.7. The minimum atomic E-state index is -0.195. The second kappa shape index (κ2) is 5.56. The van der Waals surface area contributed by atoms with Crippen molar-refractivity contribution in [1.82, 2.24) is 30.3 Å². The van der Waals surface area contributed by atoms with Crippen molar-refractivity contribution in [3.8, 4) is 11.6 Å². The lowest BCUT2D eigenvalue weighted by atomic mass is 10.1. The Bertz CT molecular complexity index is 743. The Morgan fingerprint density at radius 1 is 1.32 bits per heavy atom. The Kier molecular flexibility index (Phi) is 3.73. The average molecular weight is 320 g/mol. The average Bonchev–Trinajstić information content (AvgIpc) is 3.18. The molecule has 3 heterocycles. The summed E-state index contributed by atoms with van der Waals surface area (Å²) in [7, 11) is 0. The van der Waals surface area contributed by atoms with Crippen molar-refractivity contribution in [2.24, 2.45) is 0 Å². The van der Waals surface area contributed by atoms with Crippen LogP contribution < -0.4 is 0 Å². The van der Waals surface area contributed by atoms with E-state index in [2.05, 4.69) is 25.7 Å². The molecule has 0 aliphatic carbocycles. The molecule has 3 rings (SSSR count). The third kappa shape index (κ3) is 2.89. The van der Waals surface area contributed by atoms with E-state index in [1.165, 1.54) is 11.8 Å². The van der Waals surface area contributed by atoms with Crippen LogP contribution in [0.5, 0.6) is 0 Å². The molecule has 22 heavy (non-hydrogen) atoms. The van der Waals surface area contributed by atoms with E-state index in [1.54, 1.807) is 23.1 Å². The van der Waals surface area contributed by atoms with Crippen LogP contribution in [-0.4, -0.2) is 30.3 Å². The summed E-state index contributed by atoms with van der Waals surface area (Å²) in [5.74, 6) is 1.51. The van der Waals surface area contributed by atoms with E-state index in [4.69, 9.17) is 8.94 Å². The minimum absolute atomic E-state index is 0.0803. The van der Waals surface area contributed by atoms with E-state index in [-0.39, 0.29) is 10.8 Å². The fourth-order valence-electron chi connectivity index (χ4n) is 1.79. The van der Waals surface area contributed by atoms with Gasteiger partial charge in [0.1, 0.15) is 0 Å². The summed E-state index contributed by atoms with van der Waals surface area (Å²) in [6, 6.07) is 3.56. The molecule has 0 aliphatic heterocycles. The number of tetrazole rings is 1. The number of hydrogen-bond donors (Lipinski definition) is 0. The quantitative estimate of drug-likeness (QED) is 0.677. The van der Waals surface area contributed by atoms with Crippen LogP contribution in [0.2, 0.25) is 0 Å². The summed E-state index contributed by atoms with van der Waals surface area (Å²) >= 11 is 1.47. The highest BCUT2D eigenvalue weighted by Gasteiger charge is 2.24. The molecule has 1 atom stereocenters. The van der Waals surface area contributed by atoms with Gasteiger partial charge in [0, 0.05) is 0 Å². The molecule has 0 radical (unpaired) electrons. The number of furan rings is 1. The van der Waals surface area contributed by atoms with Gasteiger partial charge in [-0.25, -0.2) is 4.68 Å². The molecule has 116 valence electrons. The normalized spacial score (nSPS) is 13.5. The van der Waals surface area contributed by atoms with Gasteiger partial charge in [0.05, 0.1) is 17.1 Å². The maximum absolute atomic E-state index is 5.30. The van der Waals surface area contributed by atoms with E-state index in [0.29, 0.717) is 22.6 Å². The molecular formula is C13H16N6O2S. The van der Waals surface area contributed by atoms with Crippen molar-refractivity contribution in [2.75, 3.05) is 0 Å². The SMILES string of the molecule is C[C@H](Sc1nnnn1C(C)(C)C)c1nc(-c2ccco2)no1. The van der Waals surface area contributed by atoms with Crippen LogP contribution in [0.25, 0.3) is 11.6 Å². The first-order valence-electron chi connectivity index (χ1n) is 6.78. The summed E-state index contributed by atoms with van der Waals surface area (Å²) in [5.41, 5.74) is -0.195. The predicted octanol–water partition coefficient (Wildman–Crippen LogP) is 2.92. The highest BCUT2D eigenvalue weighted by molar-refractivity contribution is 7.99. The monoisotopic (exact) mass is 320 g/mol. The van der Waals surface area contributed by atoms with Crippen molar-refractivity contribution in [3.63, 3.8) is 0 Å². The van der Waals surface area contributed by atoms with E-state index in [0.717, 1.165) is 0 Å². The second-order valence-electron chi connectivity index (χ2n) is 5.74. The van der Waals surface area contributed by atoms with Gasteiger partial charge in [-0.05, 0) is 50.3 Å². The van der Waals surface area contributed by atoms with Gasteiger partial charge in [-0.15, -0.1) is 5.10 Å². The fourth-order valence-corrected chi connectivity index (χ4v) is 2.79. The van der Waals surface area contributed by atoms with Crippen LogP contribution in [-0.2, 0) is 5.54 Å². The van der Waals surface area contributed by atoms with Gasteiger partial charge in [0.15, 0.2) is 5.76 Å². The lowest BCUT2D eigenvalue weighted by molar-refractivity contribution is 0.320. The van der Waals surface area contributed by atoms with Crippen LogP contribution in [0.1, 0.15) is 38.8 Å². The fraction of sp³-hybridized carbons (Fsp3) is 0.462. The van der Waals surface area contributed by atoms with Gasteiger partial charge in [-0.1, -0.05) is 16.9 Å². The Morgan fingerprint density at radius 3 is 2.82 bits per heavy atom. The van der Waals surface area contributed by atoms with Gasteiger partial charge >= 0.3 is 0 Å². The van der Waals surface area contributed by atoms with Crippen molar-refractivity contribution < 1.29 is 8.94 Å². The molecule has 9 heteroatoms. The van der Waals surface area contributed by atoms with Gasteiger partial charge in [0.25, 0.3) is 0 Å². The molecule has 0 saturated carbocycles. The largest absolute Gasteiger partial charge is 0.461 e. The van der Waals surface area contributed by atoms with E-state index in [1.807, 2.05) is 27.7 Å². The van der Waals surface area contributed by atoms with Crippen LogP contribution in [0.4, 0.5) is 0 Å². The van der Waals surface area contributed by atoms with Crippen LogP contribution in [0.15, 0.2) is 32.5 Å². The Balaban J connectivity index is 1.78. The van der Waals surface area contributed by atoms with E-state index in [9.17, 15) is 0 Å². The molecule has 0 bridgehead atoms. The smallest absolute Gasteiger partial charge is 0.240 e. The van der Waals surface area contributed by atoms with Crippen molar-refractivity contribution in [2.45, 2.75) is 43.6 Å². The van der Waals surface area contributed by atoms with Crippen molar-refractivity contribution in [1.29, 1.82) is 0 Å². The van der Waals surface area contributed by atoms with Crippen molar-refractivity contribution >= 4 is 11.8 Å². The van der Waals surface area contributed by atoms with E-state index < -0.39 is 0 Å². The lowest BCUT2D eigenvalue weighted by Crippen LogP contribution is -2.24. The third-order valence-corrected chi connectivity index (χ3v) is 3.91. The van der Waals surface area contributed by atoms with Crippen LogP contribution >= 0.6 is 11.8 Å². The summed E-state index contributed by atoms with van der Waals surface area (Å²) in [4.78, 5) is 4.35. The number of hydrogen-bond acceptors (Lipinski definition) is 8. The van der Waals surface area contributed by atoms with Crippen LogP contribution in [0, 0.1) is 0 Å². The molecule has 0 N–H and O–H groups in total. The van der Waals surface area contributed by atoms with Gasteiger partial charge in [0.2, 0.25) is 16.9 Å². The molecule has 8 nitrogen and oxygen atoms in total. The third-order valence-electron chi connectivity index (χ3n) is 2.89. The highest BCUT2D eigenvalue weighted by Crippen LogP contribution is 2.34. The predicted molar refractivity (Wildman–Crippen MR) is 79.1 cm³/mol. The number of thioether (sulfide) groups is 1. The Labute approximate surface area is 131 Å². The number of aromatic nitrogens is 6. The summed E-state index contributed by atoms with van der Waals surface area (Å²) in [5, 5.41) is 16.4. The Morgan fingerprint density at radius 2 is 2.14 bits per heavy atom. The minimum Gasteiger partial charge on any atom is -0.461 e. The summed E-state index contributed by atoms with van der Waals surface area (Å²) < 4.78 is 12.3. The zero-order valence-corrected chi connectivity index (χ0v) is 13.5. The lowest BCUT2D eigenvalue weighted by Gasteiger charge is -2.19. The first-order chi connectivity index (χ1) is 10.4. The van der Waals surface area contributed by atoms with Crippen LogP contribution in [0.3, 0.4) is 0 Å². The second-order valence-corrected chi connectivity index (χ2v) is 7.05. The molecule has 3 aromatic rings. The molecule has 0 aliphatic rings. The molecule has 0 aromatic carbocycles. The summed E-state index contributed by atoms with van der Waals surface area (Å²) in [6.07, 6.45) is 1.57. The standard InChI is InChI=1S/C13H16N6O2S/c1-8(22-12-15-17-18-19(12)13(2,3)4)11-14-10(16-21-11)9-6-5-7-20-9/h5-8H,1-4H3/t8-/m0/s1. The molecule has 0 unspecified atom stereocenters. The Hall–Kier alpha value is -2.16. The topological polar surface area (TPSA) is 95.7 Å². The van der Waals surface area contributed by atoms with E-state index >= 15 is 0 Å². The van der Waals surface area contributed by atoms with Crippen molar-refractivity contribution in [3.05, 3.63) is 24.3 Å². The number of rotatable bonds is 4. The summed E-state index contributed by atoms with van der Waals surface area (Å²) in [6.45, 7) is 8.09. The molecular weight excluding hydrogens is 304 g/mol. The first-order valence-corrected chi connectivity index (χ1v) is 7.66. The molecule has 0 fully saturated rings. The first kappa shape index (κ1) is 14.8. The van der Waals surface area contributed by atoms with Gasteiger partial charge in [-0.2, -0.15) is 4.98 Å². The molecule has 0 spiro atoms. The maximum Gasteiger partial charge on any atom is 0.240 e. The van der Waals surface area contributed by atoms with Gasteiger partial charge < -0.3 is 8.94 Å².